The average molecular weight is 478 g/mol. The van der Waals surface area contributed by atoms with E-state index in [1.165, 1.54) is 12.8 Å². The summed E-state index contributed by atoms with van der Waals surface area (Å²) in [4.78, 5) is 41.0. The Balaban J connectivity index is 1.20. The van der Waals surface area contributed by atoms with Gasteiger partial charge in [-0.1, -0.05) is 48.5 Å². The molecule has 8 nitrogen and oxygen atoms in total. The molecule has 8 heteroatoms. The number of ether oxygens (including phenoxy) is 1. The van der Waals surface area contributed by atoms with E-state index in [-0.39, 0.29) is 31.3 Å². The maximum atomic E-state index is 13.1. The third kappa shape index (κ3) is 4.89. The molecule has 0 aromatic heterocycles. The van der Waals surface area contributed by atoms with Crippen LogP contribution in [-0.2, 0) is 14.3 Å². The molecular weight excluding hydrogens is 446 g/mol. The van der Waals surface area contributed by atoms with Gasteiger partial charge in [0.05, 0.1) is 0 Å². The Morgan fingerprint density at radius 2 is 1.57 bits per heavy atom. The minimum absolute atomic E-state index is 0.0310. The van der Waals surface area contributed by atoms with Gasteiger partial charge in [0, 0.05) is 31.5 Å². The minimum atomic E-state index is -1.00. The standard InChI is InChI=1S/C27H31N3O5/c31-25(32)12-11-24(26(33)30-15-18(16-30)29-13-5-6-14-29)28-27(34)35-17-23-21-9-3-1-7-19(21)20-8-2-4-10-22(20)23/h1-4,7-10,18,23-24H,5-6,11-17H2,(H,28,34)(H,31,32). The Morgan fingerprint density at radius 3 is 2.17 bits per heavy atom. The summed E-state index contributed by atoms with van der Waals surface area (Å²) in [6.45, 7) is 3.50. The molecule has 3 aliphatic rings. The highest BCUT2D eigenvalue weighted by Gasteiger charge is 2.39. The van der Waals surface area contributed by atoms with E-state index in [0.29, 0.717) is 19.1 Å². The Labute approximate surface area is 204 Å². The fourth-order valence-corrected chi connectivity index (χ4v) is 5.50. The molecule has 35 heavy (non-hydrogen) atoms. The number of nitrogens with one attached hydrogen (secondary N) is 1. The van der Waals surface area contributed by atoms with E-state index in [4.69, 9.17) is 9.84 Å². The first-order valence-electron chi connectivity index (χ1n) is 12.4. The zero-order chi connectivity index (χ0) is 24.4. The Kier molecular flexibility index (Phi) is 6.72. The van der Waals surface area contributed by atoms with Gasteiger partial charge < -0.3 is 20.1 Å². The molecule has 2 aromatic carbocycles. The van der Waals surface area contributed by atoms with Gasteiger partial charge in [-0.3, -0.25) is 14.5 Å². The van der Waals surface area contributed by atoms with Crippen LogP contribution in [0, 0.1) is 0 Å². The van der Waals surface area contributed by atoms with Crippen molar-refractivity contribution in [3.63, 3.8) is 0 Å². The Hall–Kier alpha value is -3.39. The summed E-state index contributed by atoms with van der Waals surface area (Å²) in [6.07, 6.45) is 1.50. The van der Waals surface area contributed by atoms with Crippen LogP contribution in [0.2, 0.25) is 0 Å². The van der Waals surface area contributed by atoms with Crippen LogP contribution in [0.15, 0.2) is 48.5 Å². The van der Waals surface area contributed by atoms with Crippen molar-refractivity contribution in [2.75, 3.05) is 32.8 Å². The number of carbonyl (C=O) groups excluding carboxylic acids is 2. The highest BCUT2D eigenvalue weighted by atomic mass is 16.5. The zero-order valence-electron chi connectivity index (χ0n) is 19.7. The second-order valence-electron chi connectivity index (χ2n) is 9.60. The quantitative estimate of drug-likeness (QED) is 0.606. The summed E-state index contributed by atoms with van der Waals surface area (Å²) in [5.41, 5.74) is 4.48. The number of amides is 2. The molecular formula is C27H31N3O5. The lowest BCUT2D eigenvalue weighted by atomic mass is 9.98. The number of carbonyl (C=O) groups is 3. The lowest BCUT2D eigenvalue weighted by molar-refractivity contribution is -0.141. The van der Waals surface area contributed by atoms with Crippen molar-refractivity contribution in [1.29, 1.82) is 0 Å². The second-order valence-corrected chi connectivity index (χ2v) is 9.60. The van der Waals surface area contributed by atoms with Crippen LogP contribution in [0.4, 0.5) is 4.79 Å². The molecule has 2 heterocycles. The number of hydrogen-bond acceptors (Lipinski definition) is 5. The van der Waals surface area contributed by atoms with Crippen LogP contribution in [-0.4, -0.2) is 77.7 Å². The molecule has 0 spiro atoms. The van der Waals surface area contributed by atoms with Gasteiger partial charge in [-0.15, -0.1) is 0 Å². The molecule has 1 unspecified atom stereocenters. The number of rotatable bonds is 8. The van der Waals surface area contributed by atoms with E-state index in [9.17, 15) is 14.4 Å². The molecule has 1 atom stereocenters. The van der Waals surface area contributed by atoms with Gasteiger partial charge in [0.25, 0.3) is 0 Å². The molecule has 2 aromatic rings. The highest BCUT2D eigenvalue weighted by Crippen LogP contribution is 2.44. The van der Waals surface area contributed by atoms with Crippen molar-refractivity contribution < 1.29 is 24.2 Å². The lowest BCUT2D eigenvalue weighted by Gasteiger charge is -2.45. The van der Waals surface area contributed by atoms with E-state index in [0.717, 1.165) is 35.3 Å². The SMILES string of the molecule is O=C(O)CCC(NC(=O)OCC1c2ccccc2-c2ccccc21)C(=O)N1CC(N2CCCC2)C1. The number of alkyl carbamates (subject to hydrolysis) is 1. The molecule has 0 bridgehead atoms. The van der Waals surface area contributed by atoms with E-state index in [1.807, 2.05) is 36.4 Å². The molecule has 2 amide bonds. The van der Waals surface area contributed by atoms with Crippen molar-refractivity contribution in [2.24, 2.45) is 0 Å². The molecule has 5 rings (SSSR count). The predicted molar refractivity (Wildman–Crippen MR) is 130 cm³/mol. The molecule has 1 aliphatic carbocycles. The summed E-state index contributed by atoms with van der Waals surface area (Å²) in [5, 5.41) is 11.8. The van der Waals surface area contributed by atoms with Crippen molar-refractivity contribution in [3.8, 4) is 11.1 Å². The van der Waals surface area contributed by atoms with E-state index < -0.39 is 18.1 Å². The average Bonchev–Trinajstić information content (AvgIpc) is 3.46. The van der Waals surface area contributed by atoms with Gasteiger partial charge in [0.2, 0.25) is 5.91 Å². The lowest BCUT2D eigenvalue weighted by Crippen LogP contribution is -2.63. The number of carboxylic acid groups (broad SMARTS) is 1. The van der Waals surface area contributed by atoms with Crippen LogP contribution in [0.5, 0.6) is 0 Å². The van der Waals surface area contributed by atoms with Crippen LogP contribution in [0.25, 0.3) is 11.1 Å². The molecule has 0 radical (unpaired) electrons. The van der Waals surface area contributed by atoms with Crippen molar-refractivity contribution in [3.05, 3.63) is 59.7 Å². The number of nitrogens with zero attached hydrogens (tertiary/aromatic N) is 2. The number of aliphatic carboxylic acids is 1. The van der Waals surface area contributed by atoms with E-state index >= 15 is 0 Å². The third-order valence-electron chi connectivity index (χ3n) is 7.41. The Morgan fingerprint density at radius 1 is 0.971 bits per heavy atom. The van der Waals surface area contributed by atoms with Gasteiger partial charge in [0.1, 0.15) is 12.6 Å². The first-order chi connectivity index (χ1) is 17.0. The van der Waals surface area contributed by atoms with Gasteiger partial charge in [-0.2, -0.15) is 0 Å². The smallest absolute Gasteiger partial charge is 0.407 e. The second kappa shape index (κ2) is 10.1. The summed E-state index contributed by atoms with van der Waals surface area (Å²) in [7, 11) is 0. The molecule has 0 saturated carbocycles. The number of carboxylic acids is 1. The summed E-state index contributed by atoms with van der Waals surface area (Å²) >= 11 is 0. The highest BCUT2D eigenvalue weighted by molar-refractivity contribution is 5.87. The van der Waals surface area contributed by atoms with Crippen LogP contribution in [0.3, 0.4) is 0 Å². The number of likely N-dealkylation sites (tertiary alicyclic amines) is 2. The fourth-order valence-electron chi connectivity index (χ4n) is 5.50. The number of fused-ring (bicyclic) bond motifs is 3. The first-order valence-corrected chi connectivity index (χ1v) is 12.4. The van der Waals surface area contributed by atoms with Crippen molar-refractivity contribution in [1.82, 2.24) is 15.1 Å². The molecule has 184 valence electrons. The molecule has 2 N–H and O–H groups in total. The van der Waals surface area contributed by atoms with Gasteiger partial charge in [-0.05, 0) is 54.6 Å². The van der Waals surface area contributed by atoms with Crippen molar-refractivity contribution in [2.45, 2.75) is 43.7 Å². The Bertz CT molecular complexity index is 1060. The monoisotopic (exact) mass is 477 g/mol. The summed E-state index contributed by atoms with van der Waals surface area (Å²) < 4.78 is 5.58. The molecule has 2 aliphatic heterocycles. The molecule has 2 fully saturated rings. The third-order valence-corrected chi connectivity index (χ3v) is 7.41. The van der Waals surface area contributed by atoms with Crippen LogP contribution < -0.4 is 5.32 Å². The summed E-state index contributed by atoms with van der Waals surface area (Å²) in [6, 6.07) is 15.6. The van der Waals surface area contributed by atoms with Crippen molar-refractivity contribution >= 4 is 18.0 Å². The van der Waals surface area contributed by atoms with Gasteiger partial charge in [0.15, 0.2) is 0 Å². The van der Waals surface area contributed by atoms with E-state index in [2.05, 4.69) is 22.3 Å². The maximum Gasteiger partial charge on any atom is 0.407 e. The predicted octanol–water partition coefficient (Wildman–Crippen LogP) is 3.07. The summed E-state index contributed by atoms with van der Waals surface area (Å²) in [5.74, 6) is -1.33. The fraction of sp³-hybridized carbons (Fsp3) is 0.444. The largest absolute Gasteiger partial charge is 0.481 e. The van der Waals surface area contributed by atoms with Gasteiger partial charge in [-0.25, -0.2) is 4.79 Å². The van der Waals surface area contributed by atoms with Crippen LogP contribution >= 0.6 is 0 Å². The number of hydrogen-bond donors (Lipinski definition) is 2. The normalized spacial score (nSPS) is 18.5. The zero-order valence-corrected chi connectivity index (χ0v) is 19.7. The van der Waals surface area contributed by atoms with Gasteiger partial charge >= 0.3 is 12.1 Å². The number of benzene rings is 2. The minimum Gasteiger partial charge on any atom is -0.481 e. The molecule has 2 saturated heterocycles. The van der Waals surface area contributed by atoms with Crippen LogP contribution in [0.1, 0.15) is 42.7 Å². The first kappa shape index (κ1) is 23.4. The maximum absolute atomic E-state index is 13.1. The van der Waals surface area contributed by atoms with E-state index in [1.54, 1.807) is 4.90 Å². The topological polar surface area (TPSA) is 99.2 Å².